The standard InChI is InChI=1S/C25H21FN4O4/c1-32-20-12-16(13-21(33-2)22(20)34-3)23-27-28-25-29(14-15-8-10-17(26)11-9-15)24(31)18-6-4-5-7-19(18)30(23)25/h4-13H,14H2,1-3H3. The number of hydrogen-bond acceptors (Lipinski definition) is 6. The van der Waals surface area contributed by atoms with Crippen molar-refractivity contribution >= 4 is 16.7 Å². The summed E-state index contributed by atoms with van der Waals surface area (Å²) in [6.45, 7) is 0.209. The first-order chi connectivity index (χ1) is 16.5. The van der Waals surface area contributed by atoms with Crippen molar-refractivity contribution in [1.29, 1.82) is 0 Å². The Hall–Kier alpha value is -4.40. The molecule has 2 aromatic heterocycles. The molecule has 34 heavy (non-hydrogen) atoms. The summed E-state index contributed by atoms with van der Waals surface area (Å²) in [5.74, 6) is 1.91. The van der Waals surface area contributed by atoms with Gasteiger partial charge in [0.1, 0.15) is 5.82 Å². The molecule has 0 radical (unpaired) electrons. The third-order valence-corrected chi connectivity index (χ3v) is 5.68. The van der Waals surface area contributed by atoms with Gasteiger partial charge in [-0.15, -0.1) is 10.2 Å². The highest BCUT2D eigenvalue weighted by molar-refractivity contribution is 5.83. The zero-order valence-corrected chi connectivity index (χ0v) is 18.8. The van der Waals surface area contributed by atoms with Crippen LogP contribution in [0, 0.1) is 5.82 Å². The summed E-state index contributed by atoms with van der Waals surface area (Å²) in [6, 6.07) is 16.8. The molecule has 5 rings (SSSR count). The molecule has 0 N–H and O–H groups in total. The number of benzene rings is 3. The van der Waals surface area contributed by atoms with Gasteiger partial charge in [-0.25, -0.2) is 4.39 Å². The molecule has 9 heteroatoms. The van der Waals surface area contributed by atoms with Crippen LogP contribution in [0.3, 0.4) is 0 Å². The number of fused-ring (bicyclic) bond motifs is 3. The summed E-state index contributed by atoms with van der Waals surface area (Å²) in [6.07, 6.45) is 0. The lowest BCUT2D eigenvalue weighted by Gasteiger charge is -2.14. The average molecular weight is 460 g/mol. The van der Waals surface area contributed by atoms with Crippen LogP contribution >= 0.6 is 0 Å². The molecule has 5 aromatic rings. The Morgan fingerprint density at radius 3 is 2.21 bits per heavy atom. The van der Waals surface area contributed by atoms with Crippen molar-refractivity contribution in [1.82, 2.24) is 19.2 Å². The summed E-state index contributed by atoms with van der Waals surface area (Å²) in [5.41, 5.74) is 1.88. The van der Waals surface area contributed by atoms with Gasteiger partial charge in [0.25, 0.3) is 5.56 Å². The monoisotopic (exact) mass is 460 g/mol. The fourth-order valence-corrected chi connectivity index (χ4v) is 4.07. The summed E-state index contributed by atoms with van der Waals surface area (Å²) >= 11 is 0. The van der Waals surface area contributed by atoms with E-state index in [1.165, 1.54) is 23.8 Å². The number of hydrogen-bond donors (Lipinski definition) is 0. The summed E-state index contributed by atoms with van der Waals surface area (Å²) in [7, 11) is 4.62. The van der Waals surface area contributed by atoms with Crippen molar-refractivity contribution < 1.29 is 18.6 Å². The minimum atomic E-state index is -0.341. The second-order valence-electron chi connectivity index (χ2n) is 7.61. The summed E-state index contributed by atoms with van der Waals surface area (Å²) in [5, 5.41) is 9.29. The van der Waals surface area contributed by atoms with Gasteiger partial charge >= 0.3 is 0 Å². The van der Waals surface area contributed by atoms with Crippen LogP contribution in [0.25, 0.3) is 28.1 Å². The van der Waals surface area contributed by atoms with Crippen molar-refractivity contribution in [2.24, 2.45) is 0 Å². The van der Waals surface area contributed by atoms with E-state index in [4.69, 9.17) is 14.2 Å². The van der Waals surface area contributed by atoms with Gasteiger partial charge < -0.3 is 14.2 Å². The molecule has 0 aliphatic carbocycles. The predicted octanol–water partition coefficient (Wildman–Crippen LogP) is 3.92. The number of rotatable bonds is 6. The van der Waals surface area contributed by atoms with Crippen LogP contribution < -0.4 is 19.8 Å². The lowest BCUT2D eigenvalue weighted by molar-refractivity contribution is 0.324. The van der Waals surface area contributed by atoms with E-state index < -0.39 is 0 Å². The molecule has 2 heterocycles. The van der Waals surface area contributed by atoms with Gasteiger partial charge in [-0.1, -0.05) is 24.3 Å². The van der Waals surface area contributed by atoms with Crippen LogP contribution in [0.15, 0.2) is 65.5 Å². The molecule has 3 aromatic carbocycles. The lowest BCUT2D eigenvalue weighted by atomic mass is 10.1. The van der Waals surface area contributed by atoms with Crippen LogP contribution in [-0.2, 0) is 6.54 Å². The molecule has 0 amide bonds. The third-order valence-electron chi connectivity index (χ3n) is 5.68. The van der Waals surface area contributed by atoms with Crippen molar-refractivity contribution in [3.05, 3.63) is 82.4 Å². The number of halogens is 1. The summed E-state index contributed by atoms with van der Waals surface area (Å²) in [4.78, 5) is 13.4. The van der Waals surface area contributed by atoms with Gasteiger partial charge in [0.2, 0.25) is 11.5 Å². The fraction of sp³-hybridized carbons (Fsp3) is 0.160. The quantitative estimate of drug-likeness (QED) is 0.382. The minimum absolute atomic E-state index is 0.209. The highest BCUT2D eigenvalue weighted by Gasteiger charge is 2.21. The Kier molecular flexibility index (Phi) is 5.37. The normalized spacial score (nSPS) is 11.2. The number of nitrogens with zero attached hydrogens (tertiary/aromatic N) is 4. The Balaban J connectivity index is 1.80. The van der Waals surface area contributed by atoms with Crippen LogP contribution in [0.2, 0.25) is 0 Å². The Morgan fingerprint density at radius 2 is 1.56 bits per heavy atom. The first-order valence-corrected chi connectivity index (χ1v) is 10.5. The number of para-hydroxylation sites is 1. The van der Waals surface area contributed by atoms with Gasteiger partial charge in [0, 0.05) is 5.56 Å². The molecule has 172 valence electrons. The van der Waals surface area contributed by atoms with E-state index in [9.17, 15) is 9.18 Å². The van der Waals surface area contributed by atoms with Crippen LogP contribution in [-0.4, -0.2) is 40.5 Å². The largest absolute Gasteiger partial charge is 0.493 e. The number of aromatic nitrogens is 4. The van der Waals surface area contributed by atoms with Gasteiger partial charge in [0.15, 0.2) is 17.3 Å². The maximum Gasteiger partial charge on any atom is 0.263 e. The highest BCUT2D eigenvalue weighted by atomic mass is 19.1. The topological polar surface area (TPSA) is 79.9 Å². The molecule has 0 unspecified atom stereocenters. The predicted molar refractivity (Wildman–Crippen MR) is 125 cm³/mol. The zero-order chi connectivity index (χ0) is 23.8. The third kappa shape index (κ3) is 3.42. The Labute approximate surface area is 193 Å². The fourth-order valence-electron chi connectivity index (χ4n) is 4.07. The molecule has 0 aliphatic rings. The number of ether oxygens (including phenoxy) is 3. The van der Waals surface area contributed by atoms with E-state index in [1.807, 2.05) is 16.5 Å². The molecule has 0 bridgehead atoms. The van der Waals surface area contributed by atoms with Gasteiger partial charge in [-0.3, -0.25) is 13.8 Å². The SMILES string of the molecule is COc1cc(-c2nnc3n(Cc4ccc(F)cc4)c(=O)c4ccccc4n23)cc(OC)c1OC. The number of methoxy groups -OCH3 is 3. The molecule has 8 nitrogen and oxygen atoms in total. The Morgan fingerprint density at radius 1 is 0.882 bits per heavy atom. The smallest absolute Gasteiger partial charge is 0.263 e. The molecule has 0 saturated heterocycles. The molecular weight excluding hydrogens is 439 g/mol. The molecule has 0 spiro atoms. The van der Waals surface area contributed by atoms with E-state index in [0.717, 1.165) is 5.56 Å². The van der Waals surface area contributed by atoms with Gasteiger partial charge in [-0.2, -0.15) is 0 Å². The van der Waals surface area contributed by atoms with E-state index in [1.54, 1.807) is 50.6 Å². The first kappa shape index (κ1) is 21.4. The highest BCUT2D eigenvalue weighted by Crippen LogP contribution is 2.41. The lowest BCUT2D eigenvalue weighted by Crippen LogP contribution is -2.24. The second kappa shape index (κ2) is 8.51. The first-order valence-electron chi connectivity index (χ1n) is 10.5. The van der Waals surface area contributed by atoms with E-state index >= 15 is 0 Å². The Bertz CT molecular complexity index is 1550. The van der Waals surface area contributed by atoms with E-state index in [-0.39, 0.29) is 17.9 Å². The molecular formula is C25H21FN4O4. The van der Waals surface area contributed by atoms with Crippen molar-refractivity contribution in [2.75, 3.05) is 21.3 Å². The van der Waals surface area contributed by atoms with E-state index in [0.29, 0.717) is 45.3 Å². The van der Waals surface area contributed by atoms with Crippen LogP contribution in [0.5, 0.6) is 17.2 Å². The van der Waals surface area contributed by atoms with Crippen molar-refractivity contribution in [3.8, 4) is 28.6 Å². The van der Waals surface area contributed by atoms with Crippen molar-refractivity contribution in [2.45, 2.75) is 6.54 Å². The molecule has 0 fully saturated rings. The second-order valence-corrected chi connectivity index (χ2v) is 7.61. The maximum absolute atomic E-state index is 13.4. The average Bonchev–Trinajstić information content (AvgIpc) is 3.32. The van der Waals surface area contributed by atoms with E-state index in [2.05, 4.69) is 10.2 Å². The van der Waals surface area contributed by atoms with Crippen molar-refractivity contribution in [3.63, 3.8) is 0 Å². The molecule has 0 saturated carbocycles. The van der Waals surface area contributed by atoms with Crippen LogP contribution in [0.1, 0.15) is 5.56 Å². The molecule has 0 atom stereocenters. The zero-order valence-electron chi connectivity index (χ0n) is 18.8. The van der Waals surface area contributed by atoms with Gasteiger partial charge in [-0.05, 0) is 42.0 Å². The van der Waals surface area contributed by atoms with Crippen LogP contribution in [0.4, 0.5) is 4.39 Å². The minimum Gasteiger partial charge on any atom is -0.493 e. The summed E-state index contributed by atoms with van der Waals surface area (Å²) < 4.78 is 33.2. The maximum atomic E-state index is 13.4. The van der Waals surface area contributed by atoms with Gasteiger partial charge in [0.05, 0.1) is 38.8 Å². The molecule has 0 aliphatic heterocycles.